The molecule has 68 valence electrons. The molecule has 0 bridgehead atoms. The minimum atomic E-state index is 0.484. The van der Waals surface area contributed by atoms with Crippen molar-refractivity contribution in [3.8, 4) is 0 Å². The Morgan fingerprint density at radius 2 is 2.25 bits per heavy atom. The lowest BCUT2D eigenvalue weighted by molar-refractivity contribution is 0.604. The summed E-state index contributed by atoms with van der Waals surface area (Å²) in [6.07, 6.45) is 1.10. The number of hydrogen-bond donors (Lipinski definition) is 1. The van der Waals surface area contributed by atoms with Gasteiger partial charge < -0.3 is 4.57 Å². The van der Waals surface area contributed by atoms with Crippen LogP contribution < -0.4 is 0 Å². The van der Waals surface area contributed by atoms with Gasteiger partial charge in [-0.15, -0.1) is 0 Å². The molecule has 0 aliphatic carbocycles. The van der Waals surface area contributed by atoms with Crippen LogP contribution in [0.1, 0.15) is 38.9 Å². The highest BCUT2D eigenvalue weighted by atomic mass is 32.1. The molecular weight excluding hydrogens is 170 g/mol. The van der Waals surface area contributed by atoms with Crippen molar-refractivity contribution in [2.24, 2.45) is 0 Å². The summed E-state index contributed by atoms with van der Waals surface area (Å²) < 4.78 is 2.77. The molecule has 0 saturated heterocycles. The van der Waals surface area contributed by atoms with Gasteiger partial charge in [-0.2, -0.15) is 5.10 Å². The lowest BCUT2D eigenvalue weighted by Gasteiger charge is -2.08. The number of rotatable bonds is 3. The maximum absolute atomic E-state index is 5.08. The zero-order valence-corrected chi connectivity index (χ0v) is 8.61. The summed E-state index contributed by atoms with van der Waals surface area (Å²) in [5, 5.41) is 7.02. The molecule has 1 unspecified atom stereocenters. The highest BCUT2D eigenvalue weighted by molar-refractivity contribution is 7.71. The van der Waals surface area contributed by atoms with Crippen LogP contribution in [0.3, 0.4) is 0 Å². The SMILES string of the molecule is CCC(C)c1n[nH]c(=S)n1CC. The van der Waals surface area contributed by atoms with Crippen molar-refractivity contribution >= 4 is 12.2 Å². The van der Waals surface area contributed by atoms with Gasteiger partial charge in [0.2, 0.25) is 0 Å². The van der Waals surface area contributed by atoms with Crippen LogP contribution in [-0.4, -0.2) is 14.8 Å². The highest BCUT2D eigenvalue weighted by Gasteiger charge is 2.10. The standard InChI is InChI=1S/C8H15N3S/c1-4-6(3)7-9-10-8(12)11(7)5-2/h6H,4-5H2,1-3H3,(H,10,12). The van der Waals surface area contributed by atoms with Gasteiger partial charge >= 0.3 is 0 Å². The molecule has 0 amide bonds. The molecule has 1 atom stereocenters. The smallest absolute Gasteiger partial charge is 0.195 e. The monoisotopic (exact) mass is 185 g/mol. The average Bonchev–Trinajstić information content (AvgIpc) is 2.45. The maximum atomic E-state index is 5.08. The molecule has 1 aromatic rings. The van der Waals surface area contributed by atoms with Gasteiger partial charge in [0, 0.05) is 12.5 Å². The van der Waals surface area contributed by atoms with E-state index in [1.54, 1.807) is 0 Å². The molecule has 0 saturated carbocycles. The maximum Gasteiger partial charge on any atom is 0.195 e. The van der Waals surface area contributed by atoms with E-state index in [0.717, 1.165) is 23.6 Å². The lowest BCUT2D eigenvalue weighted by Crippen LogP contribution is -2.05. The molecule has 12 heavy (non-hydrogen) atoms. The van der Waals surface area contributed by atoms with Gasteiger partial charge in [-0.1, -0.05) is 13.8 Å². The minimum absolute atomic E-state index is 0.484. The number of hydrogen-bond acceptors (Lipinski definition) is 2. The van der Waals surface area contributed by atoms with Crippen LogP contribution in [0.5, 0.6) is 0 Å². The average molecular weight is 185 g/mol. The first-order valence-electron chi connectivity index (χ1n) is 4.35. The van der Waals surface area contributed by atoms with E-state index in [2.05, 4.69) is 31.0 Å². The summed E-state index contributed by atoms with van der Waals surface area (Å²) >= 11 is 5.08. The zero-order valence-electron chi connectivity index (χ0n) is 7.79. The number of H-pyrrole nitrogens is 1. The number of nitrogens with one attached hydrogen (secondary N) is 1. The normalized spacial score (nSPS) is 13.2. The summed E-state index contributed by atoms with van der Waals surface area (Å²) in [6.45, 7) is 7.30. The zero-order chi connectivity index (χ0) is 9.14. The van der Waals surface area contributed by atoms with Crippen LogP contribution in [0, 0.1) is 4.77 Å². The predicted molar refractivity (Wildman–Crippen MR) is 51.8 cm³/mol. The van der Waals surface area contributed by atoms with Crippen LogP contribution in [-0.2, 0) is 6.54 Å². The molecule has 1 N–H and O–H groups in total. The van der Waals surface area contributed by atoms with Crippen molar-refractivity contribution in [3.05, 3.63) is 10.6 Å². The third-order valence-electron chi connectivity index (χ3n) is 2.16. The molecule has 0 fully saturated rings. The van der Waals surface area contributed by atoms with Gasteiger partial charge in [-0.3, -0.25) is 5.10 Å². The van der Waals surface area contributed by atoms with Crippen LogP contribution in [0.4, 0.5) is 0 Å². The molecule has 0 spiro atoms. The lowest BCUT2D eigenvalue weighted by atomic mass is 10.1. The van der Waals surface area contributed by atoms with Gasteiger partial charge in [-0.25, -0.2) is 0 Å². The van der Waals surface area contributed by atoms with Gasteiger partial charge in [0.25, 0.3) is 0 Å². The van der Waals surface area contributed by atoms with Crippen molar-refractivity contribution in [2.45, 2.75) is 39.7 Å². The Labute approximate surface area is 77.8 Å². The summed E-state index contributed by atoms with van der Waals surface area (Å²) in [5.74, 6) is 1.56. The fourth-order valence-corrected chi connectivity index (χ4v) is 1.46. The third-order valence-corrected chi connectivity index (χ3v) is 2.47. The quantitative estimate of drug-likeness (QED) is 0.734. The first-order valence-corrected chi connectivity index (χ1v) is 4.76. The Morgan fingerprint density at radius 1 is 1.58 bits per heavy atom. The van der Waals surface area contributed by atoms with Gasteiger partial charge in [-0.05, 0) is 25.6 Å². The van der Waals surface area contributed by atoms with Gasteiger partial charge in [0.05, 0.1) is 0 Å². The Bertz CT molecular complexity index is 299. The van der Waals surface area contributed by atoms with E-state index in [4.69, 9.17) is 12.2 Å². The number of aromatic amines is 1. The second-order valence-corrected chi connectivity index (χ2v) is 3.33. The third kappa shape index (κ3) is 1.58. The minimum Gasteiger partial charge on any atom is -0.304 e. The molecule has 1 aromatic heterocycles. The van der Waals surface area contributed by atoms with Crippen LogP contribution in [0.2, 0.25) is 0 Å². The van der Waals surface area contributed by atoms with Crippen molar-refractivity contribution in [1.29, 1.82) is 0 Å². The first-order chi connectivity index (χ1) is 5.70. The second-order valence-electron chi connectivity index (χ2n) is 2.94. The van der Waals surface area contributed by atoms with E-state index in [-0.39, 0.29) is 0 Å². The van der Waals surface area contributed by atoms with Crippen LogP contribution in [0.25, 0.3) is 0 Å². The van der Waals surface area contributed by atoms with Crippen LogP contribution >= 0.6 is 12.2 Å². The Hall–Kier alpha value is -0.640. The van der Waals surface area contributed by atoms with E-state index < -0.39 is 0 Å². The van der Waals surface area contributed by atoms with Crippen molar-refractivity contribution < 1.29 is 0 Å². The molecule has 0 aliphatic rings. The van der Waals surface area contributed by atoms with E-state index in [9.17, 15) is 0 Å². The molecular formula is C8H15N3S. The number of nitrogens with zero attached hydrogens (tertiary/aromatic N) is 2. The Morgan fingerprint density at radius 3 is 2.75 bits per heavy atom. The predicted octanol–water partition coefficient (Wildman–Crippen LogP) is 2.47. The van der Waals surface area contributed by atoms with E-state index >= 15 is 0 Å². The van der Waals surface area contributed by atoms with Crippen LogP contribution in [0.15, 0.2) is 0 Å². The van der Waals surface area contributed by atoms with Gasteiger partial charge in [0.15, 0.2) is 4.77 Å². The first kappa shape index (κ1) is 9.45. The van der Waals surface area contributed by atoms with Crippen molar-refractivity contribution in [2.75, 3.05) is 0 Å². The highest BCUT2D eigenvalue weighted by Crippen LogP contribution is 2.15. The van der Waals surface area contributed by atoms with E-state index in [1.165, 1.54) is 0 Å². The molecule has 3 nitrogen and oxygen atoms in total. The van der Waals surface area contributed by atoms with Gasteiger partial charge in [0.1, 0.15) is 5.82 Å². The topological polar surface area (TPSA) is 33.6 Å². The molecule has 0 aromatic carbocycles. The summed E-state index contributed by atoms with van der Waals surface area (Å²) in [7, 11) is 0. The van der Waals surface area contributed by atoms with Crippen molar-refractivity contribution in [3.63, 3.8) is 0 Å². The summed E-state index contributed by atoms with van der Waals surface area (Å²) in [6, 6.07) is 0. The van der Waals surface area contributed by atoms with E-state index in [0.29, 0.717) is 5.92 Å². The molecule has 4 heteroatoms. The fraction of sp³-hybridized carbons (Fsp3) is 0.750. The fourth-order valence-electron chi connectivity index (χ4n) is 1.19. The van der Waals surface area contributed by atoms with Crippen molar-refractivity contribution in [1.82, 2.24) is 14.8 Å². The Balaban J connectivity index is 3.07. The number of aromatic nitrogens is 3. The van der Waals surface area contributed by atoms with E-state index in [1.807, 2.05) is 4.57 Å². The summed E-state index contributed by atoms with van der Waals surface area (Å²) in [4.78, 5) is 0. The largest absolute Gasteiger partial charge is 0.304 e. The Kier molecular flexibility index (Phi) is 3.03. The molecule has 1 heterocycles. The summed E-state index contributed by atoms with van der Waals surface area (Å²) in [5.41, 5.74) is 0. The molecule has 0 radical (unpaired) electrons. The second kappa shape index (κ2) is 3.85. The molecule has 0 aliphatic heterocycles. The molecule has 1 rings (SSSR count).